The normalized spacial score (nSPS) is 12.8. The fraction of sp³-hybridized carbons (Fsp3) is 0.235. The lowest BCUT2D eigenvalue weighted by atomic mass is 10.1. The Kier molecular flexibility index (Phi) is 4.20. The summed E-state index contributed by atoms with van der Waals surface area (Å²) >= 11 is 6.07. The summed E-state index contributed by atoms with van der Waals surface area (Å²) in [7, 11) is 0. The summed E-state index contributed by atoms with van der Waals surface area (Å²) in [6, 6.07) is 10.8. The zero-order chi connectivity index (χ0) is 15.5. The zero-order valence-corrected chi connectivity index (χ0v) is 12.9. The van der Waals surface area contributed by atoms with Crippen molar-refractivity contribution in [2.75, 3.05) is 25.1 Å². The Morgan fingerprint density at radius 1 is 1.18 bits per heavy atom. The molecule has 5 heteroatoms. The van der Waals surface area contributed by atoms with E-state index in [0.29, 0.717) is 35.3 Å². The van der Waals surface area contributed by atoms with Crippen LogP contribution in [0.15, 0.2) is 36.4 Å². The standard InChI is InChI=1S/C17H16ClNO3/c1-11-13(18)3-2-4-14(11)19-10-15(20)12-5-6-16-17(9-12)22-8-7-21-16/h2-6,9,19H,7-8,10H2,1H3. The van der Waals surface area contributed by atoms with E-state index < -0.39 is 0 Å². The maximum atomic E-state index is 12.3. The Morgan fingerprint density at radius 3 is 2.77 bits per heavy atom. The third kappa shape index (κ3) is 3.02. The molecule has 0 saturated carbocycles. The number of anilines is 1. The van der Waals surface area contributed by atoms with Gasteiger partial charge in [-0.3, -0.25) is 4.79 Å². The number of fused-ring (bicyclic) bond motifs is 1. The third-order valence-corrected chi connectivity index (χ3v) is 3.98. The lowest BCUT2D eigenvalue weighted by molar-refractivity contribution is 0.100. The second-order valence-corrected chi connectivity index (χ2v) is 5.45. The molecule has 1 heterocycles. The van der Waals surface area contributed by atoms with Crippen molar-refractivity contribution in [3.63, 3.8) is 0 Å². The predicted octanol–water partition coefficient (Wildman–Crippen LogP) is 3.71. The Balaban J connectivity index is 1.71. The van der Waals surface area contributed by atoms with Crippen LogP contribution in [0.1, 0.15) is 15.9 Å². The third-order valence-electron chi connectivity index (χ3n) is 3.57. The van der Waals surface area contributed by atoms with Gasteiger partial charge in [-0.1, -0.05) is 17.7 Å². The quantitative estimate of drug-likeness (QED) is 0.873. The van der Waals surface area contributed by atoms with Gasteiger partial charge in [-0.05, 0) is 42.8 Å². The van der Waals surface area contributed by atoms with Crippen molar-refractivity contribution in [2.24, 2.45) is 0 Å². The van der Waals surface area contributed by atoms with Crippen LogP contribution in [0.4, 0.5) is 5.69 Å². The smallest absolute Gasteiger partial charge is 0.181 e. The van der Waals surface area contributed by atoms with E-state index in [1.54, 1.807) is 18.2 Å². The van der Waals surface area contributed by atoms with E-state index in [-0.39, 0.29) is 12.3 Å². The van der Waals surface area contributed by atoms with E-state index >= 15 is 0 Å². The molecule has 0 unspecified atom stereocenters. The number of hydrogen-bond acceptors (Lipinski definition) is 4. The molecule has 0 fully saturated rings. The number of nitrogens with one attached hydrogen (secondary N) is 1. The average Bonchev–Trinajstić information content (AvgIpc) is 2.55. The van der Waals surface area contributed by atoms with Crippen LogP contribution in [0.3, 0.4) is 0 Å². The van der Waals surface area contributed by atoms with Crippen LogP contribution in [0.25, 0.3) is 0 Å². The highest BCUT2D eigenvalue weighted by atomic mass is 35.5. The molecule has 114 valence electrons. The van der Waals surface area contributed by atoms with Gasteiger partial charge >= 0.3 is 0 Å². The maximum absolute atomic E-state index is 12.3. The minimum absolute atomic E-state index is 0.0173. The van der Waals surface area contributed by atoms with Crippen molar-refractivity contribution < 1.29 is 14.3 Å². The minimum Gasteiger partial charge on any atom is -0.486 e. The van der Waals surface area contributed by atoms with Gasteiger partial charge in [0.15, 0.2) is 17.3 Å². The van der Waals surface area contributed by atoms with Gasteiger partial charge in [-0.25, -0.2) is 0 Å². The van der Waals surface area contributed by atoms with E-state index in [4.69, 9.17) is 21.1 Å². The van der Waals surface area contributed by atoms with Crippen LogP contribution in [0.2, 0.25) is 5.02 Å². The van der Waals surface area contributed by atoms with Gasteiger partial charge in [0.1, 0.15) is 13.2 Å². The molecular weight excluding hydrogens is 302 g/mol. The molecule has 2 aromatic carbocycles. The molecule has 0 saturated heterocycles. The first-order chi connectivity index (χ1) is 10.6. The van der Waals surface area contributed by atoms with Gasteiger partial charge in [0.25, 0.3) is 0 Å². The van der Waals surface area contributed by atoms with Gasteiger partial charge in [0.05, 0.1) is 6.54 Å². The number of Topliss-reactive ketones (excluding diaryl/α,β-unsaturated/α-hetero) is 1. The van der Waals surface area contributed by atoms with Crippen molar-refractivity contribution in [2.45, 2.75) is 6.92 Å². The summed E-state index contributed by atoms with van der Waals surface area (Å²) in [5.74, 6) is 1.29. The highest BCUT2D eigenvalue weighted by Crippen LogP contribution is 2.31. The summed E-state index contributed by atoms with van der Waals surface area (Å²) in [5, 5.41) is 3.80. The molecular formula is C17H16ClNO3. The number of benzene rings is 2. The summed E-state index contributed by atoms with van der Waals surface area (Å²) in [6.45, 7) is 3.15. The molecule has 1 N–H and O–H groups in total. The number of hydrogen-bond donors (Lipinski definition) is 1. The van der Waals surface area contributed by atoms with E-state index in [0.717, 1.165) is 11.3 Å². The number of carbonyl (C=O) groups is 1. The van der Waals surface area contributed by atoms with Gasteiger partial charge < -0.3 is 14.8 Å². The first-order valence-electron chi connectivity index (χ1n) is 7.07. The van der Waals surface area contributed by atoms with Crippen LogP contribution >= 0.6 is 11.6 Å². The summed E-state index contributed by atoms with van der Waals surface area (Å²) in [6.07, 6.45) is 0. The lowest BCUT2D eigenvalue weighted by Crippen LogP contribution is -2.17. The Hall–Kier alpha value is -2.20. The average molecular weight is 318 g/mol. The molecule has 0 aliphatic carbocycles. The second kappa shape index (κ2) is 6.28. The number of rotatable bonds is 4. The van der Waals surface area contributed by atoms with Crippen LogP contribution in [-0.2, 0) is 0 Å². The van der Waals surface area contributed by atoms with Crippen molar-refractivity contribution in [3.8, 4) is 11.5 Å². The second-order valence-electron chi connectivity index (χ2n) is 5.05. The predicted molar refractivity (Wildman–Crippen MR) is 86.4 cm³/mol. The van der Waals surface area contributed by atoms with Crippen LogP contribution < -0.4 is 14.8 Å². The Labute approximate surface area is 134 Å². The number of ether oxygens (including phenoxy) is 2. The molecule has 0 aromatic heterocycles. The molecule has 1 aliphatic rings. The first-order valence-corrected chi connectivity index (χ1v) is 7.45. The highest BCUT2D eigenvalue weighted by molar-refractivity contribution is 6.31. The summed E-state index contributed by atoms with van der Waals surface area (Å²) < 4.78 is 10.9. The van der Waals surface area contributed by atoms with Crippen LogP contribution in [-0.4, -0.2) is 25.5 Å². The molecule has 0 radical (unpaired) electrons. The molecule has 1 aliphatic heterocycles. The summed E-state index contributed by atoms with van der Waals surface area (Å²) in [4.78, 5) is 12.3. The lowest BCUT2D eigenvalue weighted by Gasteiger charge is -2.18. The van der Waals surface area contributed by atoms with Crippen molar-refractivity contribution in [1.82, 2.24) is 0 Å². The zero-order valence-electron chi connectivity index (χ0n) is 12.2. The topological polar surface area (TPSA) is 47.6 Å². The van der Waals surface area contributed by atoms with E-state index in [1.807, 2.05) is 25.1 Å². The monoisotopic (exact) mass is 317 g/mol. The number of halogens is 1. The van der Waals surface area contributed by atoms with E-state index in [9.17, 15) is 4.79 Å². The molecule has 0 spiro atoms. The first kappa shape index (κ1) is 14.7. The molecule has 0 atom stereocenters. The van der Waals surface area contributed by atoms with Crippen molar-refractivity contribution in [3.05, 3.63) is 52.5 Å². The van der Waals surface area contributed by atoms with E-state index in [1.165, 1.54) is 0 Å². The van der Waals surface area contributed by atoms with Gasteiger partial charge in [0, 0.05) is 16.3 Å². The Morgan fingerprint density at radius 2 is 1.95 bits per heavy atom. The number of ketones is 1. The van der Waals surface area contributed by atoms with Crippen LogP contribution in [0.5, 0.6) is 11.5 Å². The molecule has 4 nitrogen and oxygen atoms in total. The van der Waals surface area contributed by atoms with Gasteiger partial charge in [-0.15, -0.1) is 0 Å². The molecule has 0 bridgehead atoms. The number of carbonyl (C=O) groups excluding carboxylic acids is 1. The summed E-state index contributed by atoms with van der Waals surface area (Å²) in [5.41, 5.74) is 2.38. The Bertz CT molecular complexity index is 715. The molecule has 3 rings (SSSR count). The maximum Gasteiger partial charge on any atom is 0.181 e. The van der Waals surface area contributed by atoms with Gasteiger partial charge in [-0.2, -0.15) is 0 Å². The fourth-order valence-electron chi connectivity index (χ4n) is 2.29. The molecule has 22 heavy (non-hydrogen) atoms. The van der Waals surface area contributed by atoms with E-state index in [2.05, 4.69) is 5.32 Å². The SMILES string of the molecule is Cc1c(Cl)cccc1NCC(=O)c1ccc2c(c1)OCCO2. The van der Waals surface area contributed by atoms with Crippen molar-refractivity contribution >= 4 is 23.1 Å². The molecule has 0 amide bonds. The van der Waals surface area contributed by atoms with Crippen molar-refractivity contribution in [1.29, 1.82) is 0 Å². The highest BCUT2D eigenvalue weighted by Gasteiger charge is 2.15. The minimum atomic E-state index is -0.0173. The molecule has 2 aromatic rings. The van der Waals surface area contributed by atoms with Crippen LogP contribution in [0, 0.1) is 6.92 Å². The van der Waals surface area contributed by atoms with Gasteiger partial charge in [0.2, 0.25) is 0 Å². The fourth-order valence-corrected chi connectivity index (χ4v) is 2.47. The largest absolute Gasteiger partial charge is 0.486 e.